The number of hydrogen-bond acceptors (Lipinski definition) is 3. The lowest BCUT2D eigenvalue weighted by Gasteiger charge is -2.35. The second kappa shape index (κ2) is 9.07. The smallest absolute Gasteiger partial charge is 0.222 e. The van der Waals surface area contributed by atoms with Crippen LogP contribution in [-0.2, 0) is 11.2 Å². The van der Waals surface area contributed by atoms with E-state index >= 15 is 0 Å². The van der Waals surface area contributed by atoms with Crippen LogP contribution in [-0.4, -0.2) is 55.5 Å². The van der Waals surface area contributed by atoms with Crippen molar-refractivity contribution in [2.75, 3.05) is 33.8 Å². The molecule has 0 unspecified atom stereocenters. The summed E-state index contributed by atoms with van der Waals surface area (Å²) >= 11 is 0. The van der Waals surface area contributed by atoms with Gasteiger partial charge in [0.1, 0.15) is 5.75 Å². The van der Waals surface area contributed by atoms with Crippen molar-refractivity contribution < 1.29 is 9.53 Å². The predicted octanol–water partition coefficient (Wildman–Crippen LogP) is 3.27. The van der Waals surface area contributed by atoms with Gasteiger partial charge in [-0.3, -0.25) is 4.79 Å². The molecule has 4 heteroatoms. The highest BCUT2D eigenvalue weighted by atomic mass is 16.5. The average Bonchev–Trinajstić information content (AvgIpc) is 2.57. The lowest BCUT2D eigenvalue weighted by Crippen LogP contribution is -2.44. The van der Waals surface area contributed by atoms with Gasteiger partial charge in [0.25, 0.3) is 0 Å². The van der Waals surface area contributed by atoms with Crippen molar-refractivity contribution in [2.45, 2.75) is 52.0 Å². The minimum absolute atomic E-state index is 0.284. The Hall–Kier alpha value is -1.55. The van der Waals surface area contributed by atoms with Crippen LogP contribution >= 0.6 is 0 Å². The predicted molar refractivity (Wildman–Crippen MR) is 98.6 cm³/mol. The molecule has 1 aliphatic rings. The van der Waals surface area contributed by atoms with Crippen molar-refractivity contribution in [1.29, 1.82) is 0 Å². The SMILES string of the molecule is CCOc1ccc(CCCC(=O)N(C)C2CCN(C)CC2)cc1C. The summed E-state index contributed by atoms with van der Waals surface area (Å²) in [6.45, 7) is 6.95. The first-order chi connectivity index (χ1) is 11.5. The van der Waals surface area contributed by atoms with Gasteiger partial charge in [-0.05, 0) is 76.9 Å². The van der Waals surface area contributed by atoms with Crippen LogP contribution in [0.25, 0.3) is 0 Å². The van der Waals surface area contributed by atoms with Gasteiger partial charge in [0, 0.05) is 19.5 Å². The number of piperidine rings is 1. The van der Waals surface area contributed by atoms with Crippen LogP contribution in [0.3, 0.4) is 0 Å². The van der Waals surface area contributed by atoms with Gasteiger partial charge < -0.3 is 14.5 Å². The topological polar surface area (TPSA) is 32.8 Å². The van der Waals surface area contributed by atoms with E-state index < -0.39 is 0 Å². The Kier molecular flexibility index (Phi) is 7.10. The molecule has 1 saturated heterocycles. The number of amides is 1. The van der Waals surface area contributed by atoms with E-state index in [1.54, 1.807) is 0 Å². The van der Waals surface area contributed by atoms with E-state index in [1.807, 2.05) is 24.9 Å². The maximum atomic E-state index is 12.4. The molecule has 1 aromatic carbocycles. The van der Waals surface area contributed by atoms with Crippen LogP contribution in [0.5, 0.6) is 5.75 Å². The Morgan fingerprint density at radius 3 is 2.67 bits per heavy atom. The molecule has 134 valence electrons. The maximum absolute atomic E-state index is 12.4. The second-order valence-electron chi connectivity index (χ2n) is 6.93. The Morgan fingerprint density at radius 2 is 2.04 bits per heavy atom. The molecule has 0 spiro atoms. The Balaban J connectivity index is 1.76. The van der Waals surface area contributed by atoms with Gasteiger partial charge in [-0.2, -0.15) is 0 Å². The third kappa shape index (κ3) is 5.23. The van der Waals surface area contributed by atoms with E-state index in [4.69, 9.17) is 4.74 Å². The molecule has 0 atom stereocenters. The number of hydrogen-bond donors (Lipinski definition) is 0. The zero-order chi connectivity index (χ0) is 17.5. The lowest BCUT2D eigenvalue weighted by molar-refractivity contribution is -0.132. The van der Waals surface area contributed by atoms with E-state index in [2.05, 4.69) is 31.0 Å². The number of carbonyl (C=O) groups is 1. The molecule has 4 nitrogen and oxygen atoms in total. The minimum Gasteiger partial charge on any atom is -0.494 e. The summed E-state index contributed by atoms with van der Waals surface area (Å²) in [6, 6.07) is 6.75. The summed E-state index contributed by atoms with van der Waals surface area (Å²) in [7, 11) is 4.12. The number of rotatable bonds is 7. The maximum Gasteiger partial charge on any atom is 0.222 e. The Labute approximate surface area is 146 Å². The van der Waals surface area contributed by atoms with Gasteiger partial charge in [-0.25, -0.2) is 0 Å². The van der Waals surface area contributed by atoms with E-state index in [0.717, 1.165) is 44.5 Å². The fraction of sp³-hybridized carbons (Fsp3) is 0.650. The molecule has 2 rings (SSSR count). The van der Waals surface area contributed by atoms with E-state index in [-0.39, 0.29) is 5.91 Å². The summed E-state index contributed by atoms with van der Waals surface area (Å²) in [4.78, 5) is 16.7. The summed E-state index contributed by atoms with van der Waals surface area (Å²) in [6.07, 6.45) is 4.67. The van der Waals surface area contributed by atoms with Crippen molar-refractivity contribution in [3.05, 3.63) is 29.3 Å². The molecule has 0 saturated carbocycles. The largest absolute Gasteiger partial charge is 0.494 e. The lowest BCUT2D eigenvalue weighted by atomic mass is 10.0. The number of carbonyl (C=O) groups excluding carboxylic acids is 1. The molecule has 1 heterocycles. The molecule has 24 heavy (non-hydrogen) atoms. The number of nitrogens with zero attached hydrogens (tertiary/aromatic N) is 2. The van der Waals surface area contributed by atoms with Crippen molar-refractivity contribution in [3.8, 4) is 5.75 Å². The molecular weight excluding hydrogens is 300 g/mol. The van der Waals surface area contributed by atoms with E-state index in [0.29, 0.717) is 19.1 Å². The standard InChI is InChI=1S/C20H32N2O2/c1-5-24-19-10-9-17(15-16(19)2)7-6-8-20(23)22(4)18-11-13-21(3)14-12-18/h9-10,15,18H,5-8,11-14H2,1-4H3. The first-order valence-corrected chi connectivity index (χ1v) is 9.17. The molecule has 0 N–H and O–H groups in total. The summed E-state index contributed by atoms with van der Waals surface area (Å²) in [5, 5.41) is 0. The Bertz CT molecular complexity index is 536. The molecule has 1 aromatic rings. The number of aryl methyl sites for hydroxylation is 2. The third-order valence-corrected chi connectivity index (χ3v) is 5.02. The Morgan fingerprint density at radius 1 is 1.33 bits per heavy atom. The highest BCUT2D eigenvalue weighted by Gasteiger charge is 2.23. The third-order valence-electron chi connectivity index (χ3n) is 5.02. The van der Waals surface area contributed by atoms with E-state index in [9.17, 15) is 4.79 Å². The molecule has 1 amide bonds. The minimum atomic E-state index is 0.284. The van der Waals surface area contributed by atoms with Crippen LogP contribution in [0.2, 0.25) is 0 Å². The zero-order valence-corrected chi connectivity index (χ0v) is 15.7. The summed E-state index contributed by atoms with van der Waals surface area (Å²) in [5.41, 5.74) is 2.45. The molecule has 0 aromatic heterocycles. The van der Waals surface area contributed by atoms with Crippen LogP contribution in [0.15, 0.2) is 18.2 Å². The molecule has 1 fully saturated rings. The number of likely N-dealkylation sites (tertiary alicyclic amines) is 1. The van der Waals surface area contributed by atoms with Gasteiger partial charge >= 0.3 is 0 Å². The molecule has 1 aliphatic heterocycles. The van der Waals surface area contributed by atoms with Gasteiger partial charge in [0.15, 0.2) is 0 Å². The first-order valence-electron chi connectivity index (χ1n) is 9.17. The zero-order valence-electron chi connectivity index (χ0n) is 15.7. The fourth-order valence-electron chi connectivity index (χ4n) is 3.39. The monoisotopic (exact) mass is 332 g/mol. The van der Waals surface area contributed by atoms with Gasteiger partial charge in [-0.1, -0.05) is 12.1 Å². The first kappa shape index (κ1) is 18.8. The average molecular weight is 332 g/mol. The van der Waals surface area contributed by atoms with Crippen molar-refractivity contribution in [1.82, 2.24) is 9.80 Å². The highest BCUT2D eigenvalue weighted by molar-refractivity contribution is 5.76. The number of benzene rings is 1. The van der Waals surface area contributed by atoms with Gasteiger partial charge in [0.05, 0.1) is 6.61 Å². The molecule has 0 aliphatic carbocycles. The normalized spacial score (nSPS) is 16.2. The van der Waals surface area contributed by atoms with Crippen molar-refractivity contribution in [3.63, 3.8) is 0 Å². The van der Waals surface area contributed by atoms with Crippen molar-refractivity contribution >= 4 is 5.91 Å². The quantitative estimate of drug-likeness (QED) is 0.768. The van der Waals surface area contributed by atoms with Crippen LogP contribution < -0.4 is 4.74 Å². The highest BCUT2D eigenvalue weighted by Crippen LogP contribution is 2.21. The van der Waals surface area contributed by atoms with Crippen LogP contribution in [0.4, 0.5) is 0 Å². The van der Waals surface area contributed by atoms with Gasteiger partial charge in [0.2, 0.25) is 5.91 Å². The van der Waals surface area contributed by atoms with Crippen LogP contribution in [0.1, 0.15) is 43.7 Å². The molecule has 0 bridgehead atoms. The van der Waals surface area contributed by atoms with Gasteiger partial charge in [-0.15, -0.1) is 0 Å². The van der Waals surface area contributed by atoms with Crippen LogP contribution in [0, 0.1) is 6.92 Å². The second-order valence-corrected chi connectivity index (χ2v) is 6.93. The summed E-state index contributed by atoms with van der Waals surface area (Å²) < 4.78 is 5.58. The molecule has 0 radical (unpaired) electrons. The number of ether oxygens (including phenoxy) is 1. The van der Waals surface area contributed by atoms with E-state index in [1.165, 1.54) is 11.1 Å². The van der Waals surface area contributed by atoms with Crippen molar-refractivity contribution in [2.24, 2.45) is 0 Å². The summed E-state index contributed by atoms with van der Waals surface area (Å²) in [5.74, 6) is 1.24. The fourth-order valence-corrected chi connectivity index (χ4v) is 3.39. The molecular formula is C20H32N2O2.